The number of H-pyrrole nitrogens is 1. The molecule has 148 heavy (non-hydrogen) atoms. The van der Waals surface area contributed by atoms with E-state index in [1.807, 2.05) is 0 Å². The van der Waals surface area contributed by atoms with E-state index in [1.165, 1.54) is 61.6 Å². The zero-order chi connectivity index (χ0) is 112. The number of nitrogens with zero attached hydrogens (tertiary/aromatic N) is 1. The van der Waals surface area contributed by atoms with Crippen LogP contribution < -0.4 is 134 Å². The van der Waals surface area contributed by atoms with Crippen molar-refractivity contribution in [3.8, 4) is 0 Å². The Morgan fingerprint density at radius 1 is 0.385 bits per heavy atom. The van der Waals surface area contributed by atoms with Gasteiger partial charge < -0.3 is 170 Å². The molecule has 1 aromatic heterocycles. The lowest BCUT2D eigenvalue weighted by molar-refractivity contribution is -0.150. The Bertz CT molecular complexity index is 5020. The second-order valence-corrected chi connectivity index (χ2v) is 35.6. The number of nitrogens with two attached hydrogens (primary N) is 3. The molecule has 58 nitrogen and oxygen atoms in total. The Balaban J connectivity index is 1.52. The maximum atomic E-state index is 14.4. The summed E-state index contributed by atoms with van der Waals surface area (Å²) in [6.07, 6.45) is -0.313. The third-order valence-corrected chi connectivity index (χ3v) is 23.3. The van der Waals surface area contributed by atoms with Crippen molar-refractivity contribution in [3.05, 3.63) is 36.0 Å². The van der Waals surface area contributed by atoms with E-state index >= 15 is 0 Å². The van der Waals surface area contributed by atoms with Gasteiger partial charge in [-0.2, -0.15) is 0 Å². The lowest BCUT2D eigenvalue weighted by Gasteiger charge is -2.29. The van der Waals surface area contributed by atoms with E-state index < -0.39 is 365 Å². The third kappa shape index (κ3) is 44.4. The molecule has 19 atom stereocenters. The number of carbonyl (C=O) groups excluding carboxylic acids is 24. The van der Waals surface area contributed by atoms with Crippen LogP contribution in [0.5, 0.6) is 0 Å². The van der Waals surface area contributed by atoms with Gasteiger partial charge >= 0.3 is 11.9 Å². The van der Waals surface area contributed by atoms with Crippen LogP contribution in [0.1, 0.15) is 159 Å². The van der Waals surface area contributed by atoms with Crippen molar-refractivity contribution < 1.29 is 150 Å². The molecule has 1 fully saturated rings. The number of unbranched alkanes of at least 4 members (excludes halogenated alkanes) is 1. The molecule has 58 heteroatoms. The molecule has 1 saturated heterocycles. The molecular weight excluding hydrogens is 1960 g/mol. The van der Waals surface area contributed by atoms with E-state index in [0.717, 1.165) is 4.90 Å². The number of aliphatic hydroxyl groups excluding tert-OH is 3. The highest BCUT2D eigenvalue weighted by molar-refractivity contribution is 6.03. The van der Waals surface area contributed by atoms with E-state index in [0.29, 0.717) is 48.7 Å². The number of likely N-dealkylation sites (tertiary alicyclic amines) is 1. The Hall–Kier alpha value is -15.2. The van der Waals surface area contributed by atoms with Crippen molar-refractivity contribution in [2.75, 3.05) is 78.7 Å². The van der Waals surface area contributed by atoms with Crippen LogP contribution in [0.2, 0.25) is 0 Å². The average molecular weight is 2100 g/mol. The summed E-state index contributed by atoms with van der Waals surface area (Å²) in [5.74, 6) is -27.9. The fourth-order valence-electron chi connectivity index (χ4n) is 14.2. The van der Waals surface area contributed by atoms with Crippen LogP contribution in [0, 0.1) is 17.8 Å². The number of aromatic amines is 1. The van der Waals surface area contributed by atoms with Gasteiger partial charge in [-0.15, -0.1) is 0 Å². The van der Waals surface area contributed by atoms with Crippen LogP contribution in [0.4, 0.5) is 0 Å². The highest BCUT2D eigenvalue weighted by Crippen LogP contribution is 2.22. The zero-order valence-corrected chi connectivity index (χ0v) is 84.4. The summed E-state index contributed by atoms with van der Waals surface area (Å²) < 4.78 is 0. The Morgan fingerprint density at radius 2 is 0.757 bits per heavy atom. The lowest BCUT2D eigenvalue weighted by atomic mass is 9.97. The zero-order valence-electron chi connectivity index (χ0n) is 84.4. The van der Waals surface area contributed by atoms with Crippen molar-refractivity contribution >= 4 is 165 Å². The smallest absolute Gasteiger partial charge is 0.326 e. The number of para-hydroxylation sites is 1. The van der Waals surface area contributed by atoms with E-state index in [1.54, 1.807) is 52.0 Å². The van der Waals surface area contributed by atoms with Crippen molar-refractivity contribution in [3.63, 3.8) is 0 Å². The number of aromatic nitrogens is 1. The molecule has 0 spiro atoms. The second kappa shape index (κ2) is 64.6. The molecular formula is C90H143N27O31. The minimum absolute atomic E-state index is 0.0782. The normalized spacial score (nSPS) is 15.7. The standard InChI is InChI=1S/C90H143N27O31/c1-13-43(5)72(87(144)106-49(11)79(136)105-47(9)77(134)98-37-65(125)102-45(7)75(132)99-39-69(129)113-74(50(12)120)89(146)117-29-19-23-60(117)90(147)148)115-84(141)55(24-26-61(93)121)108-67(127)35-95-63(123)33-97-76(133)46(8)104-78(135)48(10)103-66(126)38-101-81(138)58(40-118)109-68(128)36-96-64(124)34-100-80(137)57(30-51-32-94-53-21-16-15-20-52(51)53)111-82(139)56(25-27-70(130)131)110-86(143)71(42(3)4)114-85(142)59(41-119)112-88(145)73(44(6)14-2)116-83(140)54(22-17-18-28-91)107-62(122)31-92/h15-16,20-21,32,42-50,54-60,71-74,94,118-120H,13-14,17-19,22-31,33-41,91-92H2,1-12H3,(H2,93,121)(H,95,123)(H,96,124)(H,97,133)(H,98,134)(H,99,132)(H,100,137)(H,101,138)(H,102,125)(H,103,126)(H,104,135)(H,105,136)(H,106,144)(H,107,122)(H,108,127)(H,109,128)(H,110,143)(H,111,139)(H,112,145)(H,113,129)(H,114,142)(H,115,141)(H,116,140)(H,130,131)(H,147,148)/t43-,44-,45-,46-,47-,48-,49-,50+,54-,55-,56-,57-,58-,59-,60-,71-,72-,73-,74-/m0/s1. The van der Waals surface area contributed by atoms with Gasteiger partial charge in [0.1, 0.15) is 96.7 Å². The second-order valence-electron chi connectivity index (χ2n) is 35.6. The van der Waals surface area contributed by atoms with E-state index in [4.69, 9.17) is 17.2 Å². The van der Waals surface area contributed by atoms with E-state index in [9.17, 15) is 150 Å². The quantitative estimate of drug-likeness (QED) is 0.0274. The predicted molar refractivity (Wildman–Crippen MR) is 520 cm³/mol. The molecule has 24 amide bonds. The largest absolute Gasteiger partial charge is 0.481 e. The van der Waals surface area contributed by atoms with Gasteiger partial charge in [-0.25, -0.2) is 4.79 Å². The number of hydrogen-bond acceptors (Lipinski definition) is 31. The molecule has 0 aliphatic carbocycles. The first-order chi connectivity index (χ1) is 69.6. The van der Waals surface area contributed by atoms with Crippen molar-refractivity contribution in [1.82, 2.24) is 127 Å². The van der Waals surface area contributed by atoms with Crippen LogP contribution >= 0.6 is 0 Å². The maximum absolute atomic E-state index is 14.4. The molecule has 0 bridgehead atoms. The van der Waals surface area contributed by atoms with Gasteiger partial charge in [0.15, 0.2) is 0 Å². The van der Waals surface area contributed by atoms with Crippen molar-refractivity contribution in [2.24, 2.45) is 35.0 Å². The summed E-state index contributed by atoms with van der Waals surface area (Å²) in [6.45, 7) is 8.85. The summed E-state index contributed by atoms with van der Waals surface area (Å²) in [4.78, 5) is 345. The highest BCUT2D eigenvalue weighted by atomic mass is 16.4. The first-order valence-electron chi connectivity index (χ1n) is 48.0. The number of carboxylic acid groups (broad SMARTS) is 2. The molecule has 34 N–H and O–H groups in total. The van der Waals surface area contributed by atoms with E-state index in [-0.39, 0.29) is 32.2 Å². The molecule has 0 unspecified atom stereocenters. The van der Waals surface area contributed by atoms with Gasteiger partial charge in [0.05, 0.1) is 71.7 Å². The molecule has 2 aromatic rings. The average Bonchev–Trinajstić information content (AvgIpc) is 1.68. The summed E-state index contributed by atoms with van der Waals surface area (Å²) in [6, 6.07) is -16.7. The number of aliphatic carboxylic acids is 2. The number of carboxylic acids is 2. The monoisotopic (exact) mass is 2100 g/mol. The fourth-order valence-corrected chi connectivity index (χ4v) is 14.2. The summed E-state index contributed by atoms with van der Waals surface area (Å²) in [5, 5.41) is 102. The van der Waals surface area contributed by atoms with Crippen molar-refractivity contribution in [1.29, 1.82) is 0 Å². The van der Waals surface area contributed by atoms with Crippen LogP contribution in [0.25, 0.3) is 10.9 Å². The summed E-state index contributed by atoms with van der Waals surface area (Å²) in [5.41, 5.74) is 17.5. The summed E-state index contributed by atoms with van der Waals surface area (Å²) in [7, 11) is 0. The molecule has 2 heterocycles. The van der Waals surface area contributed by atoms with Gasteiger partial charge in [0.25, 0.3) is 0 Å². The molecule has 0 saturated carbocycles. The Morgan fingerprint density at radius 3 is 1.23 bits per heavy atom. The molecule has 1 aromatic carbocycles. The number of amides is 24. The van der Waals surface area contributed by atoms with Gasteiger partial charge in [-0.05, 0) is 122 Å². The van der Waals surface area contributed by atoms with E-state index in [2.05, 4.69) is 122 Å². The number of fused-ring (bicyclic) bond motifs is 1. The SMILES string of the molecule is CC[C@H](C)[C@H](NC(=O)[C@H](CCC(N)=O)NC(=O)CNC(=O)CNC(=O)[C@H](C)NC(=O)[C@H](C)NC(=O)CNC(=O)[C@H](CO)NC(=O)CNC(=O)CNC(=O)[C@H](Cc1c[nH]c2ccccc12)NC(=O)[C@H](CCC(=O)O)NC(=O)[C@@H](NC(=O)[C@H](CO)NC(=O)[C@@H](NC(=O)[C@H](CCCCN)NC(=O)CN)[C@@H](C)CC)C(C)C)C(=O)N[C@@H](C)C(=O)N[C@@H](C)C(=O)NCC(=O)N[C@@H](C)C(=O)NCC(=O)N[C@H](C(=O)N1CCC[C@H]1C(=O)O)[C@@H](C)O. The molecule has 824 valence electrons. The van der Waals surface area contributed by atoms with Crippen LogP contribution in [0.15, 0.2) is 30.5 Å². The Kier molecular flexibility index (Phi) is 55.4. The lowest BCUT2D eigenvalue weighted by Crippen LogP contribution is -2.62. The van der Waals surface area contributed by atoms with Gasteiger partial charge in [-0.3, -0.25) is 120 Å². The number of hydrogen-bond donors (Lipinski definition) is 31. The highest BCUT2D eigenvalue weighted by Gasteiger charge is 2.42. The number of carbonyl (C=O) groups is 26. The first kappa shape index (κ1) is 127. The minimum Gasteiger partial charge on any atom is -0.481 e. The number of primary amides is 1. The van der Waals surface area contributed by atoms with Gasteiger partial charge in [0, 0.05) is 42.9 Å². The molecule has 3 rings (SSSR count). The Labute approximate surface area is 850 Å². The topological polar surface area (TPSA) is 907 Å². The summed E-state index contributed by atoms with van der Waals surface area (Å²) >= 11 is 0. The van der Waals surface area contributed by atoms with Crippen LogP contribution in [-0.4, -0.2) is 371 Å². The van der Waals surface area contributed by atoms with Gasteiger partial charge in [0.2, 0.25) is 142 Å². The number of nitrogens with one attached hydrogen (secondary N) is 23. The van der Waals surface area contributed by atoms with Gasteiger partial charge in [-0.1, -0.05) is 72.6 Å². The minimum atomic E-state index is -1.77. The number of aliphatic hydroxyl groups is 3. The van der Waals surface area contributed by atoms with Crippen molar-refractivity contribution in [2.45, 2.75) is 263 Å². The molecule has 0 radical (unpaired) electrons. The third-order valence-electron chi connectivity index (χ3n) is 23.3. The maximum Gasteiger partial charge on any atom is 0.326 e. The fraction of sp³-hybridized carbons (Fsp3) is 0.622. The number of benzene rings is 1. The van der Waals surface area contributed by atoms with Crippen LogP contribution in [-0.2, 0) is 131 Å². The van der Waals surface area contributed by atoms with Crippen LogP contribution in [0.3, 0.4) is 0 Å². The predicted octanol–water partition coefficient (Wildman–Crippen LogP) is -13.7. The molecule has 1 aliphatic heterocycles. The first-order valence-corrected chi connectivity index (χ1v) is 48.0. The number of rotatable bonds is 66. The molecule has 1 aliphatic rings.